The van der Waals surface area contributed by atoms with Gasteiger partial charge in [0.25, 0.3) is 5.91 Å². The summed E-state index contributed by atoms with van der Waals surface area (Å²) in [5.74, 6) is -3.18. The van der Waals surface area contributed by atoms with Gasteiger partial charge in [-0.15, -0.1) is 0 Å². The average Bonchev–Trinajstić information content (AvgIpc) is 3.43. The molecule has 12 heteroatoms. The lowest BCUT2D eigenvalue weighted by Gasteiger charge is -2.38. The van der Waals surface area contributed by atoms with E-state index >= 15 is 0 Å². The van der Waals surface area contributed by atoms with Gasteiger partial charge in [-0.1, -0.05) is 116 Å². The second kappa shape index (κ2) is 17.7. The quantitative estimate of drug-likeness (QED) is 0.181. The van der Waals surface area contributed by atoms with Crippen LogP contribution < -0.4 is 21.3 Å². The highest BCUT2D eigenvalue weighted by atomic mass is 16.2. The second-order valence-electron chi connectivity index (χ2n) is 16.8. The summed E-state index contributed by atoms with van der Waals surface area (Å²) in [7, 11) is 3.15. The Morgan fingerprint density at radius 3 is 2.04 bits per heavy atom. The number of Topliss-reactive ketones (excluding diaryl/α,β-unsaturated/α-hetero) is 1. The number of ketones is 1. The fraction of sp³-hybridized carbons (Fsp3) is 0.571. The monoisotopic (exact) mass is 744 g/mol. The van der Waals surface area contributed by atoms with Gasteiger partial charge in [0.15, 0.2) is 0 Å². The SMILES string of the molecule is CCCC(NC(=O)[C@@H]1[C@H]2[C@@H](CN1C(=O)C(NCCC(C)c1ccccc1)C(C)(C)C)C2(C)C)C(=O)C(=O)NCC(=O)N[C@H](C(=O)N(C)C)c1ccccc1. The van der Waals surface area contributed by atoms with Crippen molar-refractivity contribution < 1.29 is 28.8 Å². The number of amides is 5. The van der Waals surface area contributed by atoms with Gasteiger partial charge in [0, 0.05) is 20.6 Å². The fourth-order valence-corrected chi connectivity index (χ4v) is 7.76. The first-order valence-corrected chi connectivity index (χ1v) is 19.2. The van der Waals surface area contributed by atoms with Crippen molar-refractivity contribution in [3.05, 3.63) is 71.8 Å². The number of hydrogen-bond acceptors (Lipinski definition) is 7. The molecule has 1 aliphatic carbocycles. The lowest BCUT2D eigenvalue weighted by molar-refractivity contribution is -0.145. The van der Waals surface area contributed by atoms with Crippen molar-refractivity contribution in [1.29, 1.82) is 0 Å². The minimum Gasteiger partial charge on any atom is -0.347 e. The zero-order chi connectivity index (χ0) is 40.0. The molecule has 0 bridgehead atoms. The van der Waals surface area contributed by atoms with Crippen molar-refractivity contribution in [2.24, 2.45) is 22.7 Å². The number of hydrogen-bond donors (Lipinski definition) is 4. The van der Waals surface area contributed by atoms with Crippen LogP contribution in [0.1, 0.15) is 90.8 Å². The summed E-state index contributed by atoms with van der Waals surface area (Å²) < 4.78 is 0. The number of fused-ring (bicyclic) bond motifs is 1. The van der Waals surface area contributed by atoms with E-state index in [2.05, 4.69) is 54.2 Å². The average molecular weight is 745 g/mol. The smallest absolute Gasteiger partial charge is 0.290 e. The van der Waals surface area contributed by atoms with Crippen molar-refractivity contribution in [2.75, 3.05) is 33.7 Å². The predicted octanol–water partition coefficient (Wildman–Crippen LogP) is 3.58. The van der Waals surface area contributed by atoms with Gasteiger partial charge >= 0.3 is 0 Å². The van der Waals surface area contributed by atoms with E-state index in [1.165, 1.54) is 10.5 Å². The molecule has 1 aliphatic heterocycles. The van der Waals surface area contributed by atoms with Crippen LogP contribution in [0.2, 0.25) is 0 Å². The molecule has 0 aromatic heterocycles. The summed E-state index contributed by atoms with van der Waals surface area (Å²) in [6, 6.07) is 15.5. The number of carbonyl (C=O) groups is 6. The van der Waals surface area contributed by atoms with Crippen LogP contribution in [0, 0.1) is 22.7 Å². The van der Waals surface area contributed by atoms with Gasteiger partial charge in [0.2, 0.25) is 29.4 Å². The molecule has 4 rings (SSSR count). The number of rotatable bonds is 17. The highest BCUT2D eigenvalue weighted by Crippen LogP contribution is 2.65. The number of benzene rings is 2. The number of nitrogens with one attached hydrogen (secondary N) is 4. The molecule has 2 aliphatic rings. The molecule has 2 fully saturated rings. The molecule has 7 atom stereocenters. The molecule has 3 unspecified atom stereocenters. The highest BCUT2D eigenvalue weighted by Gasteiger charge is 2.69. The minimum absolute atomic E-state index is 0.0856. The van der Waals surface area contributed by atoms with E-state index in [9.17, 15) is 28.8 Å². The lowest BCUT2D eigenvalue weighted by Crippen LogP contribution is -2.60. The maximum absolute atomic E-state index is 14.4. The van der Waals surface area contributed by atoms with Crippen LogP contribution in [0.4, 0.5) is 0 Å². The normalized spacial score (nSPS) is 20.8. The Balaban J connectivity index is 1.42. The van der Waals surface area contributed by atoms with E-state index in [1.807, 2.05) is 45.9 Å². The van der Waals surface area contributed by atoms with Gasteiger partial charge in [0.1, 0.15) is 12.1 Å². The van der Waals surface area contributed by atoms with Crippen molar-refractivity contribution in [1.82, 2.24) is 31.1 Å². The second-order valence-corrected chi connectivity index (χ2v) is 16.8. The van der Waals surface area contributed by atoms with Crippen LogP contribution in [0.5, 0.6) is 0 Å². The van der Waals surface area contributed by atoms with E-state index in [1.54, 1.807) is 49.3 Å². The van der Waals surface area contributed by atoms with Gasteiger partial charge < -0.3 is 31.1 Å². The van der Waals surface area contributed by atoms with E-state index in [0.717, 1.165) is 6.42 Å². The van der Waals surface area contributed by atoms with Crippen molar-refractivity contribution in [3.63, 3.8) is 0 Å². The Morgan fingerprint density at radius 2 is 1.48 bits per heavy atom. The molecule has 5 amide bonds. The fourth-order valence-electron chi connectivity index (χ4n) is 7.76. The van der Waals surface area contributed by atoms with Crippen LogP contribution in [0.15, 0.2) is 60.7 Å². The molecule has 2 aromatic rings. The van der Waals surface area contributed by atoms with E-state index in [4.69, 9.17) is 0 Å². The Kier molecular flexibility index (Phi) is 13.8. The van der Waals surface area contributed by atoms with Crippen LogP contribution in [0.25, 0.3) is 0 Å². The summed E-state index contributed by atoms with van der Waals surface area (Å²) >= 11 is 0. The maximum Gasteiger partial charge on any atom is 0.290 e. The lowest BCUT2D eigenvalue weighted by atomic mass is 9.85. The van der Waals surface area contributed by atoms with Crippen LogP contribution in [0.3, 0.4) is 0 Å². The predicted molar refractivity (Wildman–Crippen MR) is 208 cm³/mol. The third-order valence-electron chi connectivity index (χ3n) is 11.1. The molecule has 12 nitrogen and oxygen atoms in total. The number of likely N-dealkylation sites (tertiary alicyclic amines) is 1. The highest BCUT2D eigenvalue weighted by molar-refractivity contribution is 6.38. The molecule has 1 saturated heterocycles. The summed E-state index contributed by atoms with van der Waals surface area (Å²) in [5, 5.41) is 11.3. The first kappa shape index (κ1) is 42.2. The summed E-state index contributed by atoms with van der Waals surface area (Å²) in [4.78, 5) is 83.9. The maximum atomic E-state index is 14.4. The summed E-state index contributed by atoms with van der Waals surface area (Å²) in [6.07, 6.45) is 1.53. The molecule has 0 spiro atoms. The third kappa shape index (κ3) is 9.93. The van der Waals surface area contributed by atoms with Gasteiger partial charge in [0.05, 0.1) is 18.6 Å². The molecule has 1 saturated carbocycles. The molecule has 0 radical (unpaired) electrons. The van der Waals surface area contributed by atoms with Crippen LogP contribution in [-0.4, -0.2) is 97.0 Å². The first-order valence-electron chi connectivity index (χ1n) is 19.2. The van der Waals surface area contributed by atoms with E-state index in [0.29, 0.717) is 31.0 Å². The Hall–Kier alpha value is -4.58. The number of likely N-dealkylation sites (N-methyl/N-ethyl adjacent to an activating group) is 1. The number of carbonyl (C=O) groups excluding carboxylic acids is 6. The molecule has 54 heavy (non-hydrogen) atoms. The molecule has 294 valence electrons. The Morgan fingerprint density at radius 1 is 0.889 bits per heavy atom. The van der Waals surface area contributed by atoms with E-state index < -0.39 is 59.6 Å². The molecule has 2 aromatic carbocycles. The summed E-state index contributed by atoms with van der Waals surface area (Å²) in [6.45, 7) is 14.7. The molecule has 1 heterocycles. The Labute approximate surface area is 320 Å². The first-order chi connectivity index (χ1) is 25.4. The van der Waals surface area contributed by atoms with Gasteiger partial charge in [-0.25, -0.2) is 0 Å². The molecular weight excluding hydrogens is 684 g/mol. The van der Waals surface area contributed by atoms with Crippen molar-refractivity contribution in [2.45, 2.75) is 97.8 Å². The standard InChI is InChI=1S/C42H60N6O6/c1-10-17-30(35(50)38(52)44-24-31(49)46-33(39(53)47(8)9)28-20-15-12-16-21-28)45-37(51)34-32-29(42(32,6)7)25-48(34)40(54)36(41(3,4)5)43-23-22-26(2)27-18-13-11-14-19-27/h11-16,18-21,26,29-30,32-34,36,43H,10,17,22-25H2,1-9H3,(H,44,52)(H,45,51)(H,46,49)/t26?,29-,30?,32-,33+,34+,36?/m1/s1. The van der Waals surface area contributed by atoms with Gasteiger partial charge in [-0.3, -0.25) is 28.8 Å². The van der Waals surface area contributed by atoms with Crippen molar-refractivity contribution >= 4 is 35.3 Å². The van der Waals surface area contributed by atoms with Gasteiger partial charge in [-0.2, -0.15) is 0 Å². The van der Waals surface area contributed by atoms with Crippen LogP contribution in [-0.2, 0) is 28.8 Å². The largest absolute Gasteiger partial charge is 0.347 e. The molecule has 4 N–H and O–H groups in total. The Bertz CT molecular complexity index is 1660. The zero-order valence-corrected chi connectivity index (χ0v) is 33.4. The minimum atomic E-state index is -1.15. The molecular formula is C42H60N6O6. The number of piperidine rings is 1. The van der Waals surface area contributed by atoms with E-state index in [-0.39, 0.29) is 35.5 Å². The van der Waals surface area contributed by atoms with Crippen LogP contribution >= 0.6 is 0 Å². The number of nitrogens with zero attached hydrogens (tertiary/aromatic N) is 2. The van der Waals surface area contributed by atoms with Gasteiger partial charge in [-0.05, 0) is 59.1 Å². The third-order valence-corrected chi connectivity index (χ3v) is 11.1. The zero-order valence-electron chi connectivity index (χ0n) is 33.4. The summed E-state index contributed by atoms with van der Waals surface area (Å²) in [5.41, 5.74) is 1.20. The van der Waals surface area contributed by atoms with Crippen molar-refractivity contribution in [3.8, 4) is 0 Å². The topological polar surface area (TPSA) is 157 Å².